The summed E-state index contributed by atoms with van der Waals surface area (Å²) in [6, 6.07) is 0.805. The predicted octanol–water partition coefficient (Wildman–Crippen LogP) is 2.74. The van der Waals surface area contributed by atoms with Crippen molar-refractivity contribution in [2.75, 3.05) is 32.4 Å². The van der Waals surface area contributed by atoms with Crippen molar-refractivity contribution < 1.29 is 0 Å². The summed E-state index contributed by atoms with van der Waals surface area (Å²) in [6.07, 6.45) is 12.1. The molecular formula is C14H28N2S. The minimum Gasteiger partial charge on any atom is -0.314 e. The lowest BCUT2D eigenvalue weighted by Crippen LogP contribution is -2.36. The number of hydrogen-bond donors (Lipinski definition) is 1. The molecule has 17 heavy (non-hydrogen) atoms. The van der Waals surface area contributed by atoms with Gasteiger partial charge in [0.1, 0.15) is 0 Å². The number of nitrogens with zero attached hydrogens (tertiary/aromatic N) is 1. The first-order valence-corrected chi connectivity index (χ1v) is 8.66. The van der Waals surface area contributed by atoms with Crippen LogP contribution in [0.2, 0.25) is 0 Å². The molecule has 1 aliphatic carbocycles. The Hall–Kier alpha value is 0.270. The summed E-state index contributed by atoms with van der Waals surface area (Å²) in [5, 5.41) is 4.69. The number of rotatable bonds is 6. The van der Waals surface area contributed by atoms with E-state index in [-0.39, 0.29) is 0 Å². The van der Waals surface area contributed by atoms with E-state index in [0.29, 0.717) is 0 Å². The molecule has 2 atom stereocenters. The Kier molecular flexibility index (Phi) is 6.16. The predicted molar refractivity (Wildman–Crippen MR) is 77.9 cm³/mol. The van der Waals surface area contributed by atoms with Gasteiger partial charge in [-0.3, -0.25) is 0 Å². The molecule has 1 saturated carbocycles. The standard InChI is InChI=1S/C14H28N2S/c1-17-14-7-4-6-13(12-14)15-8-5-11-16-9-2-3-10-16/h13-15H,2-12H2,1H3. The normalized spacial score (nSPS) is 30.9. The fourth-order valence-electron chi connectivity index (χ4n) is 3.16. The third-order valence-corrected chi connectivity index (χ3v) is 5.34. The van der Waals surface area contributed by atoms with E-state index in [1.54, 1.807) is 0 Å². The van der Waals surface area contributed by atoms with Crippen LogP contribution in [0.3, 0.4) is 0 Å². The van der Waals surface area contributed by atoms with Crippen molar-refractivity contribution >= 4 is 11.8 Å². The van der Waals surface area contributed by atoms with Gasteiger partial charge in [0.2, 0.25) is 0 Å². The maximum atomic E-state index is 3.77. The maximum Gasteiger partial charge on any atom is 0.00776 e. The van der Waals surface area contributed by atoms with Gasteiger partial charge >= 0.3 is 0 Å². The summed E-state index contributed by atoms with van der Waals surface area (Å²) >= 11 is 2.06. The van der Waals surface area contributed by atoms with E-state index >= 15 is 0 Å². The van der Waals surface area contributed by atoms with Crippen molar-refractivity contribution in [1.29, 1.82) is 0 Å². The number of likely N-dealkylation sites (tertiary alicyclic amines) is 1. The van der Waals surface area contributed by atoms with Gasteiger partial charge in [-0.05, 0) is 71.0 Å². The fourth-order valence-corrected chi connectivity index (χ4v) is 3.99. The molecular weight excluding hydrogens is 228 g/mol. The molecule has 2 rings (SSSR count). The first kappa shape index (κ1) is 13.7. The van der Waals surface area contributed by atoms with Gasteiger partial charge in [-0.15, -0.1) is 0 Å². The van der Waals surface area contributed by atoms with Gasteiger partial charge in [0, 0.05) is 11.3 Å². The van der Waals surface area contributed by atoms with Gasteiger partial charge < -0.3 is 10.2 Å². The van der Waals surface area contributed by atoms with Crippen molar-refractivity contribution in [3.05, 3.63) is 0 Å². The molecule has 100 valence electrons. The van der Waals surface area contributed by atoms with E-state index in [4.69, 9.17) is 0 Å². The third-order valence-electron chi connectivity index (χ3n) is 4.24. The average molecular weight is 256 g/mol. The monoisotopic (exact) mass is 256 g/mol. The molecule has 1 aliphatic heterocycles. The lowest BCUT2D eigenvalue weighted by Gasteiger charge is -2.29. The van der Waals surface area contributed by atoms with Crippen LogP contribution in [0.5, 0.6) is 0 Å². The van der Waals surface area contributed by atoms with Crippen LogP contribution in [0.15, 0.2) is 0 Å². The molecule has 1 N–H and O–H groups in total. The van der Waals surface area contributed by atoms with Crippen molar-refractivity contribution in [2.24, 2.45) is 0 Å². The van der Waals surface area contributed by atoms with Crippen molar-refractivity contribution in [1.82, 2.24) is 10.2 Å². The summed E-state index contributed by atoms with van der Waals surface area (Å²) in [6.45, 7) is 5.23. The van der Waals surface area contributed by atoms with E-state index in [9.17, 15) is 0 Å². The Bertz CT molecular complexity index is 204. The second-order valence-corrected chi connectivity index (χ2v) is 6.72. The number of hydrogen-bond acceptors (Lipinski definition) is 3. The molecule has 0 spiro atoms. The van der Waals surface area contributed by atoms with Crippen LogP contribution in [0.25, 0.3) is 0 Å². The first-order chi connectivity index (χ1) is 8.38. The van der Waals surface area contributed by atoms with Gasteiger partial charge in [0.25, 0.3) is 0 Å². The number of nitrogens with one attached hydrogen (secondary N) is 1. The highest BCUT2D eigenvalue weighted by atomic mass is 32.2. The third kappa shape index (κ3) is 4.80. The van der Waals surface area contributed by atoms with E-state index in [0.717, 1.165) is 11.3 Å². The largest absolute Gasteiger partial charge is 0.314 e. The highest BCUT2D eigenvalue weighted by Gasteiger charge is 2.20. The van der Waals surface area contributed by atoms with Crippen LogP contribution in [0.4, 0.5) is 0 Å². The van der Waals surface area contributed by atoms with E-state index in [1.165, 1.54) is 71.1 Å². The van der Waals surface area contributed by atoms with E-state index in [1.807, 2.05) is 0 Å². The molecule has 1 heterocycles. The Balaban J connectivity index is 1.52. The Labute approximate surface area is 111 Å². The highest BCUT2D eigenvalue weighted by molar-refractivity contribution is 7.99. The molecule has 2 fully saturated rings. The lowest BCUT2D eigenvalue weighted by atomic mass is 9.95. The molecule has 0 bridgehead atoms. The zero-order valence-corrected chi connectivity index (χ0v) is 12.1. The highest BCUT2D eigenvalue weighted by Crippen LogP contribution is 2.26. The quantitative estimate of drug-likeness (QED) is 0.736. The first-order valence-electron chi connectivity index (χ1n) is 7.37. The van der Waals surface area contributed by atoms with Gasteiger partial charge in [-0.25, -0.2) is 0 Å². The number of thioether (sulfide) groups is 1. The van der Waals surface area contributed by atoms with Gasteiger partial charge in [-0.2, -0.15) is 11.8 Å². The van der Waals surface area contributed by atoms with Crippen LogP contribution in [-0.2, 0) is 0 Å². The zero-order chi connectivity index (χ0) is 11.9. The molecule has 3 heteroatoms. The molecule has 2 unspecified atom stereocenters. The van der Waals surface area contributed by atoms with Crippen LogP contribution in [-0.4, -0.2) is 48.6 Å². The Morgan fingerprint density at radius 3 is 2.76 bits per heavy atom. The minimum atomic E-state index is 0.805. The van der Waals surface area contributed by atoms with Gasteiger partial charge in [0.05, 0.1) is 0 Å². The molecule has 0 aromatic rings. The van der Waals surface area contributed by atoms with Crippen LogP contribution < -0.4 is 5.32 Å². The Morgan fingerprint density at radius 2 is 2.00 bits per heavy atom. The topological polar surface area (TPSA) is 15.3 Å². The summed E-state index contributed by atoms with van der Waals surface area (Å²) in [5.74, 6) is 0. The average Bonchev–Trinajstić information content (AvgIpc) is 2.88. The summed E-state index contributed by atoms with van der Waals surface area (Å²) in [5.41, 5.74) is 0. The minimum absolute atomic E-state index is 0.805. The van der Waals surface area contributed by atoms with Crippen molar-refractivity contribution in [3.63, 3.8) is 0 Å². The molecule has 2 aliphatic rings. The molecule has 1 saturated heterocycles. The van der Waals surface area contributed by atoms with Crippen LogP contribution in [0.1, 0.15) is 44.9 Å². The molecule has 2 nitrogen and oxygen atoms in total. The summed E-state index contributed by atoms with van der Waals surface area (Å²) in [7, 11) is 0. The van der Waals surface area contributed by atoms with E-state index in [2.05, 4.69) is 28.2 Å². The molecule has 0 aromatic carbocycles. The molecule has 0 aromatic heterocycles. The van der Waals surface area contributed by atoms with Gasteiger partial charge in [-0.1, -0.05) is 6.42 Å². The maximum absolute atomic E-state index is 3.77. The van der Waals surface area contributed by atoms with Gasteiger partial charge in [0.15, 0.2) is 0 Å². The Morgan fingerprint density at radius 1 is 1.18 bits per heavy atom. The SMILES string of the molecule is CSC1CCCC(NCCCN2CCCC2)C1. The smallest absolute Gasteiger partial charge is 0.00776 e. The second kappa shape index (κ2) is 7.65. The fraction of sp³-hybridized carbons (Fsp3) is 1.00. The lowest BCUT2D eigenvalue weighted by molar-refractivity contribution is 0.318. The van der Waals surface area contributed by atoms with Crippen molar-refractivity contribution in [3.8, 4) is 0 Å². The second-order valence-electron chi connectivity index (χ2n) is 5.58. The molecule has 0 radical (unpaired) electrons. The van der Waals surface area contributed by atoms with Crippen LogP contribution >= 0.6 is 11.8 Å². The summed E-state index contributed by atoms with van der Waals surface area (Å²) < 4.78 is 0. The zero-order valence-electron chi connectivity index (χ0n) is 11.3. The van der Waals surface area contributed by atoms with E-state index < -0.39 is 0 Å². The molecule has 0 amide bonds. The summed E-state index contributed by atoms with van der Waals surface area (Å²) in [4.78, 5) is 2.62. The van der Waals surface area contributed by atoms with Crippen molar-refractivity contribution in [2.45, 2.75) is 56.2 Å². The van der Waals surface area contributed by atoms with Crippen LogP contribution in [0, 0.1) is 0 Å².